The smallest absolute Gasteiger partial charge is 0.119 e. The first-order valence-electron chi connectivity index (χ1n) is 9.15. The van der Waals surface area contributed by atoms with Crippen LogP contribution in [0, 0.1) is 0 Å². The topological polar surface area (TPSA) is 37.4 Å². The highest BCUT2D eigenvalue weighted by Gasteiger charge is 2.10. The Morgan fingerprint density at radius 2 is 1.79 bits per heavy atom. The molecule has 28 heavy (non-hydrogen) atoms. The molecule has 1 N–H and O–H groups in total. The third-order valence-electron chi connectivity index (χ3n) is 4.69. The molecule has 0 saturated carbocycles. The maximum atomic E-state index is 5.87. The number of fused-ring (bicyclic) bond motifs is 2. The SMILES string of the molecule is CCN(CCCl)CCCNc1c2ccccc2nc2ccc(OC)cc12.Cl.Cl. The maximum Gasteiger partial charge on any atom is 0.119 e. The molecule has 0 bridgehead atoms. The second kappa shape index (κ2) is 12.2. The lowest BCUT2D eigenvalue weighted by molar-refractivity contribution is 0.304. The summed E-state index contributed by atoms with van der Waals surface area (Å²) in [6.45, 7) is 6.09. The standard InChI is InChI=1S/C21H26ClN3O.2ClH/c1-3-25(14-11-22)13-6-12-23-21-17-7-4-5-8-19(17)24-20-10-9-16(26-2)15-18(20)21;;/h4-5,7-10,15H,3,6,11-14H2,1-2H3,(H,23,24);2*1H. The number of methoxy groups -OCH3 is 1. The normalized spacial score (nSPS) is 10.6. The van der Waals surface area contributed by atoms with Crippen molar-refractivity contribution in [3.05, 3.63) is 42.5 Å². The van der Waals surface area contributed by atoms with Gasteiger partial charge in [0.2, 0.25) is 0 Å². The third kappa shape index (κ3) is 5.77. The van der Waals surface area contributed by atoms with Crippen molar-refractivity contribution in [3.8, 4) is 5.75 Å². The highest BCUT2D eigenvalue weighted by molar-refractivity contribution is 6.18. The maximum absolute atomic E-state index is 5.87. The summed E-state index contributed by atoms with van der Waals surface area (Å²) in [5.74, 6) is 1.53. The van der Waals surface area contributed by atoms with E-state index in [1.54, 1.807) is 7.11 Å². The molecule has 0 atom stereocenters. The van der Waals surface area contributed by atoms with Crippen LogP contribution in [-0.2, 0) is 0 Å². The fraction of sp³-hybridized carbons (Fsp3) is 0.381. The number of alkyl halides is 1. The van der Waals surface area contributed by atoms with Gasteiger partial charge in [-0.15, -0.1) is 36.4 Å². The molecule has 0 spiro atoms. The number of nitrogens with zero attached hydrogens (tertiary/aromatic N) is 2. The van der Waals surface area contributed by atoms with E-state index in [9.17, 15) is 0 Å². The minimum Gasteiger partial charge on any atom is -0.497 e. The number of pyridine rings is 1. The van der Waals surface area contributed by atoms with Crippen LogP contribution in [0.5, 0.6) is 5.75 Å². The van der Waals surface area contributed by atoms with E-state index < -0.39 is 0 Å². The molecule has 7 heteroatoms. The minimum absolute atomic E-state index is 0. The van der Waals surface area contributed by atoms with Crippen LogP contribution in [0.15, 0.2) is 42.5 Å². The van der Waals surface area contributed by atoms with Crippen molar-refractivity contribution in [3.63, 3.8) is 0 Å². The van der Waals surface area contributed by atoms with Gasteiger partial charge < -0.3 is 15.0 Å². The van der Waals surface area contributed by atoms with Gasteiger partial charge in [0, 0.05) is 29.7 Å². The summed E-state index contributed by atoms with van der Waals surface area (Å²) >= 11 is 5.87. The Hall–Kier alpha value is -1.46. The van der Waals surface area contributed by atoms with E-state index in [4.69, 9.17) is 21.3 Å². The quantitative estimate of drug-likeness (QED) is 0.265. The average molecular weight is 445 g/mol. The summed E-state index contributed by atoms with van der Waals surface area (Å²) < 4.78 is 5.41. The summed E-state index contributed by atoms with van der Waals surface area (Å²) in [7, 11) is 1.69. The van der Waals surface area contributed by atoms with Crippen molar-refractivity contribution >= 4 is 63.9 Å². The number of aromatic nitrogens is 1. The van der Waals surface area contributed by atoms with Crippen LogP contribution in [0.25, 0.3) is 21.8 Å². The van der Waals surface area contributed by atoms with Crippen LogP contribution in [0.3, 0.4) is 0 Å². The lowest BCUT2D eigenvalue weighted by Gasteiger charge is -2.19. The molecule has 0 saturated heterocycles. The van der Waals surface area contributed by atoms with Gasteiger partial charge in [0.25, 0.3) is 0 Å². The molecule has 4 nitrogen and oxygen atoms in total. The molecule has 3 rings (SSSR count). The number of hydrogen-bond donors (Lipinski definition) is 1. The average Bonchev–Trinajstić information content (AvgIpc) is 2.69. The zero-order valence-electron chi connectivity index (χ0n) is 16.3. The molecule has 0 fully saturated rings. The van der Waals surface area contributed by atoms with Crippen LogP contribution in [0.2, 0.25) is 0 Å². The van der Waals surface area contributed by atoms with E-state index in [2.05, 4.69) is 41.4 Å². The highest BCUT2D eigenvalue weighted by atomic mass is 35.5. The largest absolute Gasteiger partial charge is 0.497 e. The Bertz CT molecular complexity index is 876. The lowest BCUT2D eigenvalue weighted by atomic mass is 10.1. The Kier molecular flexibility index (Phi) is 10.7. The van der Waals surface area contributed by atoms with Crippen molar-refractivity contribution in [1.82, 2.24) is 9.88 Å². The van der Waals surface area contributed by atoms with Gasteiger partial charge in [-0.2, -0.15) is 0 Å². The predicted octanol–water partition coefficient (Wildman–Crippen LogP) is 5.60. The van der Waals surface area contributed by atoms with Crippen LogP contribution >= 0.6 is 36.4 Å². The van der Waals surface area contributed by atoms with Gasteiger partial charge in [0.05, 0.1) is 23.8 Å². The van der Waals surface area contributed by atoms with E-state index in [1.165, 1.54) is 0 Å². The van der Waals surface area contributed by atoms with E-state index in [0.29, 0.717) is 5.88 Å². The molecule has 154 valence electrons. The van der Waals surface area contributed by atoms with Crippen LogP contribution in [-0.4, -0.2) is 49.1 Å². The zero-order chi connectivity index (χ0) is 18.4. The first kappa shape index (κ1) is 24.6. The Morgan fingerprint density at radius 1 is 1.04 bits per heavy atom. The van der Waals surface area contributed by atoms with Gasteiger partial charge in [-0.3, -0.25) is 0 Å². The molecule has 0 radical (unpaired) electrons. The van der Waals surface area contributed by atoms with Gasteiger partial charge in [-0.05, 0) is 43.8 Å². The lowest BCUT2D eigenvalue weighted by Crippen LogP contribution is -2.27. The second-order valence-electron chi connectivity index (χ2n) is 6.29. The van der Waals surface area contributed by atoms with Crippen molar-refractivity contribution in [1.29, 1.82) is 0 Å². The molecule has 1 heterocycles. The van der Waals surface area contributed by atoms with Gasteiger partial charge in [0.1, 0.15) is 5.75 Å². The first-order chi connectivity index (χ1) is 12.8. The van der Waals surface area contributed by atoms with Crippen molar-refractivity contribution in [2.24, 2.45) is 0 Å². The van der Waals surface area contributed by atoms with Gasteiger partial charge in [0.15, 0.2) is 0 Å². The number of nitrogens with one attached hydrogen (secondary N) is 1. The number of halogens is 3. The molecule has 0 aliphatic rings. The number of benzene rings is 2. The summed E-state index contributed by atoms with van der Waals surface area (Å²) in [4.78, 5) is 7.16. The summed E-state index contributed by atoms with van der Waals surface area (Å²) in [5.41, 5.74) is 3.11. The molecule has 0 aliphatic heterocycles. The Morgan fingerprint density at radius 3 is 2.50 bits per heavy atom. The molecule has 2 aromatic carbocycles. The number of ether oxygens (including phenoxy) is 1. The molecular formula is C21H28Cl3N3O. The third-order valence-corrected chi connectivity index (χ3v) is 4.86. The van der Waals surface area contributed by atoms with Gasteiger partial charge in [-0.25, -0.2) is 4.98 Å². The monoisotopic (exact) mass is 443 g/mol. The van der Waals surface area contributed by atoms with E-state index >= 15 is 0 Å². The minimum atomic E-state index is 0. The fourth-order valence-electron chi connectivity index (χ4n) is 3.25. The molecule has 0 unspecified atom stereocenters. The van der Waals surface area contributed by atoms with E-state index in [0.717, 1.165) is 65.8 Å². The van der Waals surface area contributed by atoms with Crippen molar-refractivity contribution < 1.29 is 4.74 Å². The second-order valence-corrected chi connectivity index (χ2v) is 6.67. The van der Waals surface area contributed by atoms with Crippen molar-refractivity contribution in [2.75, 3.05) is 44.5 Å². The predicted molar refractivity (Wildman–Crippen MR) is 126 cm³/mol. The number of hydrogen-bond acceptors (Lipinski definition) is 4. The van der Waals surface area contributed by atoms with Crippen LogP contribution < -0.4 is 10.1 Å². The number of rotatable bonds is 9. The Balaban J connectivity index is 0.00000196. The van der Waals surface area contributed by atoms with E-state index in [-0.39, 0.29) is 24.8 Å². The zero-order valence-corrected chi connectivity index (χ0v) is 18.7. The molecule has 0 amide bonds. The van der Waals surface area contributed by atoms with Gasteiger partial charge in [-0.1, -0.05) is 25.1 Å². The Labute approximate surface area is 184 Å². The van der Waals surface area contributed by atoms with E-state index in [1.807, 2.05) is 18.2 Å². The fourth-order valence-corrected chi connectivity index (χ4v) is 3.49. The molecule has 1 aromatic heterocycles. The van der Waals surface area contributed by atoms with Crippen LogP contribution in [0.4, 0.5) is 5.69 Å². The number of anilines is 1. The van der Waals surface area contributed by atoms with Crippen molar-refractivity contribution in [2.45, 2.75) is 13.3 Å². The molecular weight excluding hydrogens is 417 g/mol. The highest BCUT2D eigenvalue weighted by Crippen LogP contribution is 2.32. The van der Waals surface area contributed by atoms with Gasteiger partial charge >= 0.3 is 0 Å². The summed E-state index contributed by atoms with van der Waals surface area (Å²) in [6, 6.07) is 14.3. The summed E-state index contributed by atoms with van der Waals surface area (Å²) in [5, 5.41) is 5.88. The van der Waals surface area contributed by atoms with Crippen LogP contribution in [0.1, 0.15) is 13.3 Å². The number of para-hydroxylation sites is 1. The first-order valence-corrected chi connectivity index (χ1v) is 9.69. The molecule has 0 aliphatic carbocycles. The summed E-state index contributed by atoms with van der Waals surface area (Å²) in [6.07, 6.45) is 1.06. The molecule has 3 aromatic rings.